The van der Waals surface area contributed by atoms with Crippen molar-refractivity contribution in [1.82, 2.24) is 14.9 Å². The van der Waals surface area contributed by atoms with Crippen LogP contribution in [0.2, 0.25) is 0 Å². The highest BCUT2D eigenvalue weighted by Crippen LogP contribution is 2.30. The summed E-state index contributed by atoms with van der Waals surface area (Å²) < 4.78 is 23.8. The molecule has 0 bridgehead atoms. The van der Waals surface area contributed by atoms with Crippen molar-refractivity contribution < 1.29 is 28.0 Å². The van der Waals surface area contributed by atoms with Crippen LogP contribution < -0.4 is 15.2 Å². The number of phosphoric acid groups is 1. The molecule has 32 heavy (non-hydrogen) atoms. The standard InChI is InChI=1S/C21H22N5O5P/c1-25-13-17(12-23-25)9-15-4-6-16(7-5-15)10-18-11-20(31-24-18)19-3-2-8-26(21(19)22)14-30-32(27,28)29/h2-8,11-13,22H,9-10,14H2,1H3,(H2,27,28,29). The number of anilines is 1. The Labute approximate surface area is 184 Å². The normalized spacial score (nSPS) is 13.2. The van der Waals surface area contributed by atoms with E-state index in [1.165, 1.54) is 16.3 Å². The highest BCUT2D eigenvalue weighted by molar-refractivity contribution is 7.44. The van der Waals surface area contributed by atoms with E-state index >= 15 is 0 Å². The van der Waals surface area contributed by atoms with E-state index in [4.69, 9.17) is 15.2 Å². The van der Waals surface area contributed by atoms with E-state index in [9.17, 15) is 9.46 Å². The number of hydrogen-bond donors (Lipinski definition) is 2. The van der Waals surface area contributed by atoms with Gasteiger partial charge in [0.1, 0.15) is 5.56 Å². The van der Waals surface area contributed by atoms with Gasteiger partial charge in [-0.25, -0.2) is 4.57 Å². The fourth-order valence-electron chi connectivity index (χ4n) is 3.32. The van der Waals surface area contributed by atoms with Crippen molar-refractivity contribution >= 4 is 13.6 Å². The van der Waals surface area contributed by atoms with Crippen LogP contribution in [0.1, 0.15) is 22.4 Å². The van der Waals surface area contributed by atoms with Gasteiger partial charge < -0.3 is 14.3 Å². The maximum Gasteiger partial charge on any atom is 0.285 e. The van der Waals surface area contributed by atoms with Crippen LogP contribution in [-0.2, 0) is 35.7 Å². The van der Waals surface area contributed by atoms with Crippen molar-refractivity contribution in [3.8, 4) is 11.3 Å². The fourth-order valence-corrected chi connectivity index (χ4v) is 3.59. The van der Waals surface area contributed by atoms with Crippen LogP contribution in [0.15, 0.2) is 65.6 Å². The molecule has 0 aliphatic carbocycles. The molecule has 0 saturated heterocycles. The van der Waals surface area contributed by atoms with Crippen molar-refractivity contribution in [2.75, 3.05) is 5.73 Å². The molecule has 0 radical (unpaired) electrons. The van der Waals surface area contributed by atoms with Gasteiger partial charge in [0.2, 0.25) is 0 Å². The lowest BCUT2D eigenvalue weighted by atomic mass is 10.0. The molecule has 0 aliphatic heterocycles. The van der Waals surface area contributed by atoms with Crippen LogP contribution in [0.5, 0.6) is 0 Å². The molecule has 0 spiro atoms. The summed E-state index contributed by atoms with van der Waals surface area (Å²) >= 11 is 0. The van der Waals surface area contributed by atoms with Crippen LogP contribution in [0.25, 0.3) is 11.3 Å². The Bertz CT molecular complexity index is 1260. The van der Waals surface area contributed by atoms with Crippen molar-refractivity contribution in [1.29, 1.82) is 0 Å². The van der Waals surface area contributed by atoms with Gasteiger partial charge in [0.25, 0.3) is 13.6 Å². The second-order valence-corrected chi connectivity index (χ2v) is 8.57. The molecule has 4 rings (SSSR count). The summed E-state index contributed by atoms with van der Waals surface area (Å²) in [5, 5.41) is 8.31. The summed E-state index contributed by atoms with van der Waals surface area (Å²) in [5.41, 5.74) is 10.8. The van der Waals surface area contributed by atoms with Gasteiger partial charge in [-0.05, 0) is 28.8 Å². The first kappa shape index (κ1) is 21.9. The Morgan fingerprint density at radius 1 is 1.22 bits per heavy atom. The first-order valence-corrected chi connectivity index (χ1v) is 11.2. The number of nitrogen functional groups attached to an aromatic ring is 1. The minimum Gasteiger partial charge on any atom is -0.756 e. The van der Waals surface area contributed by atoms with Crippen molar-refractivity contribution in [3.63, 3.8) is 0 Å². The van der Waals surface area contributed by atoms with Gasteiger partial charge >= 0.3 is 0 Å². The number of aromatic nitrogens is 4. The van der Waals surface area contributed by atoms with E-state index in [1.807, 2.05) is 19.4 Å². The van der Waals surface area contributed by atoms with Crippen molar-refractivity contribution in [3.05, 3.63) is 83.4 Å². The zero-order valence-electron chi connectivity index (χ0n) is 17.3. The van der Waals surface area contributed by atoms with Crippen LogP contribution >= 0.6 is 7.82 Å². The van der Waals surface area contributed by atoms with E-state index in [-0.39, 0.29) is 5.82 Å². The summed E-state index contributed by atoms with van der Waals surface area (Å²) in [4.78, 5) is 19.6. The number of nitrogens with two attached hydrogens (primary N) is 1. The zero-order chi connectivity index (χ0) is 22.7. The van der Waals surface area contributed by atoms with Crippen LogP contribution in [0.4, 0.5) is 5.82 Å². The van der Waals surface area contributed by atoms with Gasteiger partial charge in [-0.1, -0.05) is 29.4 Å². The predicted molar refractivity (Wildman–Crippen MR) is 113 cm³/mol. The van der Waals surface area contributed by atoms with E-state index < -0.39 is 14.6 Å². The average Bonchev–Trinajstić information content (AvgIpc) is 3.37. The molecule has 0 aliphatic rings. The number of nitrogens with zero attached hydrogens (tertiary/aromatic N) is 4. The minimum absolute atomic E-state index is 0.211. The average molecular weight is 455 g/mol. The molecule has 166 valence electrons. The number of pyridine rings is 1. The molecule has 1 unspecified atom stereocenters. The monoisotopic (exact) mass is 455 g/mol. The molecular weight excluding hydrogens is 433 g/mol. The molecular formula is C21H22N5O5P. The summed E-state index contributed by atoms with van der Waals surface area (Å²) in [6.07, 6.45) is 6.78. The Balaban J connectivity index is 1.44. The third-order valence-corrected chi connectivity index (χ3v) is 5.32. The lowest BCUT2D eigenvalue weighted by Crippen LogP contribution is -2.38. The molecule has 0 saturated carbocycles. The zero-order valence-corrected chi connectivity index (χ0v) is 18.2. The molecule has 11 heteroatoms. The van der Waals surface area contributed by atoms with Crippen molar-refractivity contribution in [2.45, 2.75) is 19.6 Å². The molecule has 3 heterocycles. The highest BCUT2D eigenvalue weighted by Gasteiger charge is 2.18. The van der Waals surface area contributed by atoms with Crippen LogP contribution in [-0.4, -0.2) is 19.8 Å². The van der Waals surface area contributed by atoms with Gasteiger partial charge in [0.05, 0.1) is 18.1 Å². The Kier molecular flexibility index (Phi) is 6.20. The maximum atomic E-state index is 10.8. The van der Waals surface area contributed by atoms with Gasteiger partial charge in [-0.3, -0.25) is 19.5 Å². The SMILES string of the molecule is Cn1cc(Cc2ccc(Cc3cc(-c4ccc[n+](COP(=O)([O-])O)c4N)on3)cc2)cn1. The Morgan fingerprint density at radius 2 is 1.94 bits per heavy atom. The van der Waals surface area contributed by atoms with Crippen molar-refractivity contribution in [2.24, 2.45) is 7.05 Å². The lowest BCUT2D eigenvalue weighted by Gasteiger charge is -2.14. The fraction of sp³-hybridized carbons (Fsp3) is 0.190. The summed E-state index contributed by atoms with van der Waals surface area (Å²) in [7, 11) is -2.96. The molecule has 10 nitrogen and oxygen atoms in total. The number of phosphoric ester groups is 1. The van der Waals surface area contributed by atoms with E-state index in [2.05, 4.69) is 39.0 Å². The number of benzene rings is 1. The molecule has 3 N–H and O–H groups in total. The Morgan fingerprint density at radius 3 is 2.59 bits per heavy atom. The molecule has 4 aromatic rings. The molecule has 0 amide bonds. The second-order valence-electron chi connectivity index (χ2n) is 7.38. The van der Waals surface area contributed by atoms with Gasteiger partial charge in [-0.15, -0.1) is 0 Å². The minimum atomic E-state index is -4.86. The van der Waals surface area contributed by atoms with Gasteiger partial charge in [0, 0.05) is 32.2 Å². The molecule has 1 aromatic carbocycles. The summed E-state index contributed by atoms with van der Waals surface area (Å²) in [5.74, 6) is 0.651. The first-order chi connectivity index (χ1) is 15.3. The maximum absolute atomic E-state index is 10.8. The first-order valence-electron chi connectivity index (χ1n) is 9.74. The van der Waals surface area contributed by atoms with E-state index in [1.54, 1.807) is 22.9 Å². The molecule has 3 aromatic heterocycles. The topological polar surface area (TPSA) is 143 Å². The number of rotatable bonds is 8. The van der Waals surface area contributed by atoms with Gasteiger partial charge in [-0.2, -0.15) is 5.10 Å². The quantitative estimate of drug-likeness (QED) is 0.301. The van der Waals surface area contributed by atoms with E-state index in [0.717, 1.165) is 23.2 Å². The van der Waals surface area contributed by atoms with E-state index in [0.29, 0.717) is 17.7 Å². The lowest BCUT2D eigenvalue weighted by molar-refractivity contribution is -0.712. The number of aryl methyl sites for hydroxylation is 1. The van der Waals surface area contributed by atoms with Crippen LogP contribution in [0, 0.1) is 0 Å². The summed E-state index contributed by atoms with van der Waals surface area (Å²) in [6, 6.07) is 13.4. The third kappa shape index (κ3) is 5.49. The smallest absolute Gasteiger partial charge is 0.285 e. The number of hydrogen-bond acceptors (Lipinski definition) is 7. The Hall–Kier alpha value is -3.30. The predicted octanol–water partition coefficient (Wildman–Crippen LogP) is 1.56. The highest BCUT2D eigenvalue weighted by atomic mass is 31.2. The molecule has 1 atom stereocenters. The second kappa shape index (κ2) is 9.05. The summed E-state index contributed by atoms with van der Waals surface area (Å²) in [6.45, 7) is -0.455. The van der Waals surface area contributed by atoms with Gasteiger partial charge in [0.15, 0.2) is 12.5 Å². The van der Waals surface area contributed by atoms with Crippen LogP contribution in [0.3, 0.4) is 0 Å². The largest absolute Gasteiger partial charge is 0.756 e. The third-order valence-electron chi connectivity index (χ3n) is 4.87. The molecule has 0 fully saturated rings.